The van der Waals surface area contributed by atoms with E-state index in [9.17, 15) is 4.79 Å². The van der Waals surface area contributed by atoms with Crippen LogP contribution >= 0.6 is 0 Å². The Morgan fingerprint density at radius 3 is 2.59 bits per heavy atom. The van der Waals surface area contributed by atoms with Gasteiger partial charge in [-0.05, 0) is 26.2 Å². The number of likely N-dealkylation sites (tertiary alicyclic amines) is 1. The molecule has 0 bridgehead atoms. The second-order valence-electron chi connectivity index (χ2n) is 5.46. The molecule has 3 atom stereocenters. The van der Waals surface area contributed by atoms with Crippen LogP contribution in [-0.4, -0.2) is 41.5 Å². The quantitative estimate of drug-likeness (QED) is 0.732. The van der Waals surface area contributed by atoms with Gasteiger partial charge in [-0.25, -0.2) is 0 Å². The maximum atomic E-state index is 11.5. The lowest BCUT2D eigenvalue weighted by Crippen LogP contribution is -2.53. The number of nitrogens with zero attached hydrogens (tertiary/aromatic N) is 1. The summed E-state index contributed by atoms with van der Waals surface area (Å²) in [5.41, 5.74) is 5.47. The molecule has 0 aromatic rings. The van der Waals surface area contributed by atoms with Gasteiger partial charge in [-0.1, -0.05) is 20.8 Å². The molecule has 1 fully saturated rings. The average Bonchev–Trinajstić information content (AvgIpc) is 2.58. The number of nitrogens with two attached hydrogens (primary N) is 1. The van der Waals surface area contributed by atoms with Gasteiger partial charge in [0.05, 0.1) is 6.04 Å². The van der Waals surface area contributed by atoms with Crippen LogP contribution in [0.25, 0.3) is 0 Å². The first kappa shape index (κ1) is 14.5. The van der Waals surface area contributed by atoms with Crippen LogP contribution in [0.1, 0.15) is 47.0 Å². The lowest BCUT2D eigenvalue weighted by Gasteiger charge is -2.31. The van der Waals surface area contributed by atoms with Gasteiger partial charge in [-0.2, -0.15) is 0 Å². The van der Waals surface area contributed by atoms with E-state index in [0.29, 0.717) is 12.1 Å². The first-order chi connectivity index (χ1) is 7.95. The van der Waals surface area contributed by atoms with Gasteiger partial charge in [-0.3, -0.25) is 9.69 Å². The van der Waals surface area contributed by atoms with Gasteiger partial charge in [0.25, 0.3) is 0 Å². The first-order valence-electron chi connectivity index (χ1n) is 6.76. The van der Waals surface area contributed by atoms with Crippen molar-refractivity contribution in [2.75, 3.05) is 6.54 Å². The number of primary amides is 1. The standard InChI is InChI=1S/C13H27N3O/c1-5-11-7-6-10(4)16(11)8-12(13(14)17)15-9(2)3/h9-12,15H,5-8H2,1-4H3,(H2,14,17). The first-order valence-corrected chi connectivity index (χ1v) is 6.76. The van der Waals surface area contributed by atoms with E-state index < -0.39 is 0 Å². The second kappa shape index (κ2) is 6.36. The summed E-state index contributed by atoms with van der Waals surface area (Å²) >= 11 is 0. The smallest absolute Gasteiger partial charge is 0.235 e. The maximum Gasteiger partial charge on any atom is 0.235 e. The van der Waals surface area contributed by atoms with E-state index in [2.05, 4.69) is 24.1 Å². The van der Waals surface area contributed by atoms with E-state index in [1.807, 2.05) is 13.8 Å². The predicted octanol–water partition coefficient (Wildman–Crippen LogP) is 1.10. The Labute approximate surface area is 105 Å². The Hall–Kier alpha value is -0.610. The molecule has 0 radical (unpaired) electrons. The minimum atomic E-state index is -0.243. The van der Waals surface area contributed by atoms with Crippen molar-refractivity contribution in [1.82, 2.24) is 10.2 Å². The summed E-state index contributed by atoms with van der Waals surface area (Å²) in [6.45, 7) is 9.28. The summed E-state index contributed by atoms with van der Waals surface area (Å²) < 4.78 is 0. The molecule has 1 aliphatic heterocycles. The van der Waals surface area contributed by atoms with Crippen molar-refractivity contribution in [1.29, 1.82) is 0 Å². The fourth-order valence-electron chi connectivity index (χ4n) is 2.73. The minimum Gasteiger partial charge on any atom is -0.368 e. The Kier molecular flexibility index (Phi) is 5.40. The molecule has 0 aliphatic carbocycles. The van der Waals surface area contributed by atoms with Crippen LogP contribution in [-0.2, 0) is 4.79 Å². The molecule has 4 nitrogen and oxygen atoms in total. The fraction of sp³-hybridized carbons (Fsp3) is 0.923. The molecule has 1 rings (SSSR count). The second-order valence-corrected chi connectivity index (χ2v) is 5.46. The van der Waals surface area contributed by atoms with Gasteiger partial charge < -0.3 is 11.1 Å². The SMILES string of the molecule is CCC1CCC(C)N1CC(NC(C)C)C(N)=O. The van der Waals surface area contributed by atoms with Crippen molar-refractivity contribution in [2.45, 2.75) is 71.1 Å². The molecular weight excluding hydrogens is 214 g/mol. The summed E-state index contributed by atoms with van der Waals surface area (Å²) in [5.74, 6) is -0.243. The van der Waals surface area contributed by atoms with Crippen molar-refractivity contribution in [3.05, 3.63) is 0 Å². The molecular formula is C13H27N3O. The lowest BCUT2D eigenvalue weighted by atomic mass is 10.1. The number of nitrogens with one attached hydrogen (secondary N) is 1. The fourth-order valence-corrected chi connectivity index (χ4v) is 2.73. The Balaban J connectivity index is 2.61. The van der Waals surface area contributed by atoms with Crippen LogP contribution < -0.4 is 11.1 Å². The molecule has 17 heavy (non-hydrogen) atoms. The maximum absolute atomic E-state index is 11.5. The van der Waals surface area contributed by atoms with Crippen molar-refractivity contribution >= 4 is 5.91 Å². The molecule has 0 aromatic carbocycles. The molecule has 100 valence electrons. The zero-order chi connectivity index (χ0) is 13.0. The van der Waals surface area contributed by atoms with Crippen molar-refractivity contribution in [3.8, 4) is 0 Å². The van der Waals surface area contributed by atoms with E-state index in [-0.39, 0.29) is 18.0 Å². The third-order valence-corrected chi connectivity index (χ3v) is 3.70. The Morgan fingerprint density at radius 1 is 1.47 bits per heavy atom. The largest absolute Gasteiger partial charge is 0.368 e. The van der Waals surface area contributed by atoms with E-state index >= 15 is 0 Å². The van der Waals surface area contributed by atoms with E-state index in [1.165, 1.54) is 12.8 Å². The van der Waals surface area contributed by atoms with Gasteiger partial charge in [-0.15, -0.1) is 0 Å². The molecule has 3 unspecified atom stereocenters. The van der Waals surface area contributed by atoms with Gasteiger partial charge in [0, 0.05) is 24.7 Å². The molecule has 0 aromatic heterocycles. The number of rotatable bonds is 6. The summed E-state index contributed by atoms with van der Waals surface area (Å²) in [5, 5.41) is 3.26. The summed E-state index contributed by atoms with van der Waals surface area (Å²) in [6.07, 6.45) is 3.62. The van der Waals surface area contributed by atoms with E-state index in [0.717, 1.165) is 13.0 Å². The van der Waals surface area contributed by atoms with Crippen LogP contribution in [0.4, 0.5) is 0 Å². The number of hydrogen-bond acceptors (Lipinski definition) is 3. The Morgan fingerprint density at radius 2 is 2.12 bits per heavy atom. The highest BCUT2D eigenvalue weighted by Crippen LogP contribution is 2.25. The minimum absolute atomic E-state index is 0.232. The number of amides is 1. The van der Waals surface area contributed by atoms with Gasteiger partial charge in [0.1, 0.15) is 0 Å². The van der Waals surface area contributed by atoms with Gasteiger partial charge in [0.15, 0.2) is 0 Å². The summed E-state index contributed by atoms with van der Waals surface area (Å²) in [7, 11) is 0. The monoisotopic (exact) mass is 241 g/mol. The number of carbonyl (C=O) groups excluding carboxylic acids is 1. The highest BCUT2D eigenvalue weighted by Gasteiger charge is 2.32. The van der Waals surface area contributed by atoms with Crippen LogP contribution in [0.3, 0.4) is 0 Å². The topological polar surface area (TPSA) is 58.4 Å². The highest BCUT2D eigenvalue weighted by molar-refractivity contribution is 5.80. The molecule has 1 heterocycles. The van der Waals surface area contributed by atoms with Crippen LogP contribution in [0.2, 0.25) is 0 Å². The molecule has 1 aliphatic rings. The zero-order valence-electron chi connectivity index (χ0n) is 11.6. The highest BCUT2D eigenvalue weighted by atomic mass is 16.1. The average molecular weight is 241 g/mol. The Bertz CT molecular complexity index is 255. The van der Waals surface area contributed by atoms with Gasteiger partial charge in [0.2, 0.25) is 5.91 Å². The molecule has 0 spiro atoms. The molecule has 1 saturated heterocycles. The van der Waals surface area contributed by atoms with Crippen molar-refractivity contribution < 1.29 is 4.79 Å². The van der Waals surface area contributed by atoms with Crippen molar-refractivity contribution in [2.24, 2.45) is 5.73 Å². The third-order valence-electron chi connectivity index (χ3n) is 3.70. The van der Waals surface area contributed by atoms with Crippen LogP contribution in [0.15, 0.2) is 0 Å². The molecule has 1 amide bonds. The number of carbonyl (C=O) groups is 1. The van der Waals surface area contributed by atoms with E-state index in [4.69, 9.17) is 5.73 Å². The van der Waals surface area contributed by atoms with Crippen LogP contribution in [0, 0.1) is 0 Å². The third kappa shape index (κ3) is 3.96. The van der Waals surface area contributed by atoms with E-state index in [1.54, 1.807) is 0 Å². The lowest BCUT2D eigenvalue weighted by molar-refractivity contribution is -0.120. The van der Waals surface area contributed by atoms with Gasteiger partial charge >= 0.3 is 0 Å². The summed E-state index contributed by atoms with van der Waals surface area (Å²) in [4.78, 5) is 13.9. The van der Waals surface area contributed by atoms with Crippen molar-refractivity contribution in [3.63, 3.8) is 0 Å². The number of hydrogen-bond donors (Lipinski definition) is 2. The predicted molar refractivity (Wildman–Crippen MR) is 70.7 cm³/mol. The zero-order valence-corrected chi connectivity index (χ0v) is 11.6. The molecule has 3 N–H and O–H groups in total. The summed E-state index contributed by atoms with van der Waals surface area (Å²) in [6, 6.07) is 1.23. The molecule has 4 heteroatoms. The normalized spacial score (nSPS) is 27.6. The molecule has 0 saturated carbocycles. The van der Waals surface area contributed by atoms with Crippen LogP contribution in [0.5, 0.6) is 0 Å².